The van der Waals surface area contributed by atoms with Gasteiger partial charge in [-0.1, -0.05) is 0 Å². The Morgan fingerprint density at radius 1 is 1.47 bits per heavy atom. The number of hydrogen-bond acceptors (Lipinski definition) is 6. The number of ether oxygens (including phenoxy) is 2. The quantitative estimate of drug-likeness (QED) is 0.718. The van der Waals surface area contributed by atoms with Crippen molar-refractivity contribution in [3.05, 3.63) is 23.4 Å². The third kappa shape index (κ3) is 4.50. The zero-order valence-corrected chi connectivity index (χ0v) is 11.5. The predicted molar refractivity (Wildman–Crippen MR) is 71.3 cm³/mol. The van der Waals surface area contributed by atoms with E-state index in [0.29, 0.717) is 30.1 Å². The molecule has 1 rings (SSSR count). The zero-order chi connectivity index (χ0) is 14.3. The minimum absolute atomic E-state index is 0.0223. The molecule has 19 heavy (non-hydrogen) atoms. The lowest BCUT2D eigenvalue weighted by Gasteiger charge is -2.18. The summed E-state index contributed by atoms with van der Waals surface area (Å²) in [6.07, 6.45) is 0.563. The molecule has 6 nitrogen and oxygen atoms in total. The molecule has 1 aromatic rings. The Hall–Kier alpha value is -1.66. The number of aromatic nitrogens is 1. The molecular formula is C13H20N2O4. The van der Waals surface area contributed by atoms with Gasteiger partial charge in [0.25, 0.3) is 0 Å². The Bertz CT molecular complexity index is 417. The number of aliphatic hydroxyl groups is 1. The maximum atomic E-state index is 11.4. The van der Waals surface area contributed by atoms with Gasteiger partial charge < -0.3 is 19.9 Å². The molecule has 1 heterocycles. The second-order valence-corrected chi connectivity index (χ2v) is 4.13. The van der Waals surface area contributed by atoms with Gasteiger partial charge >= 0.3 is 5.97 Å². The lowest BCUT2D eigenvalue weighted by Crippen LogP contribution is -2.26. The van der Waals surface area contributed by atoms with Crippen molar-refractivity contribution >= 4 is 11.8 Å². The topological polar surface area (TPSA) is 80.7 Å². The van der Waals surface area contributed by atoms with E-state index in [1.165, 1.54) is 7.11 Å². The first kappa shape index (κ1) is 15.4. The summed E-state index contributed by atoms with van der Waals surface area (Å²) in [6, 6.07) is 3.35. The maximum absolute atomic E-state index is 11.4. The number of methoxy groups -OCH3 is 2. The van der Waals surface area contributed by atoms with Crippen molar-refractivity contribution < 1.29 is 19.4 Å². The van der Waals surface area contributed by atoms with Crippen molar-refractivity contribution in [2.45, 2.75) is 19.4 Å². The molecule has 0 aliphatic carbocycles. The van der Waals surface area contributed by atoms with E-state index in [1.807, 2.05) is 0 Å². The van der Waals surface area contributed by atoms with Gasteiger partial charge in [0.2, 0.25) is 0 Å². The normalized spacial score (nSPS) is 12.0. The smallest absolute Gasteiger partial charge is 0.339 e. The number of pyridine rings is 1. The first-order chi connectivity index (χ1) is 9.12. The van der Waals surface area contributed by atoms with Crippen LogP contribution in [0.15, 0.2) is 12.1 Å². The van der Waals surface area contributed by atoms with Crippen LogP contribution < -0.4 is 5.32 Å². The summed E-state index contributed by atoms with van der Waals surface area (Å²) in [5, 5.41) is 12.1. The van der Waals surface area contributed by atoms with Crippen LogP contribution in [0.1, 0.15) is 22.5 Å². The van der Waals surface area contributed by atoms with Crippen LogP contribution in [-0.2, 0) is 9.47 Å². The number of rotatable bonds is 7. The first-order valence-corrected chi connectivity index (χ1v) is 6.04. The number of carbonyl (C=O) groups excluding carboxylic acids is 1. The molecular weight excluding hydrogens is 248 g/mol. The number of aliphatic hydroxyl groups excluding tert-OH is 1. The summed E-state index contributed by atoms with van der Waals surface area (Å²) in [7, 11) is 2.94. The van der Waals surface area contributed by atoms with Crippen LogP contribution >= 0.6 is 0 Å². The molecule has 106 valence electrons. The zero-order valence-electron chi connectivity index (χ0n) is 11.5. The van der Waals surface area contributed by atoms with Gasteiger partial charge in [-0.25, -0.2) is 9.78 Å². The molecule has 0 radical (unpaired) electrons. The largest absolute Gasteiger partial charge is 0.465 e. The highest BCUT2D eigenvalue weighted by molar-refractivity contribution is 5.90. The summed E-state index contributed by atoms with van der Waals surface area (Å²) in [6.45, 7) is 2.29. The Morgan fingerprint density at radius 2 is 2.21 bits per heavy atom. The number of carbonyl (C=O) groups is 1. The van der Waals surface area contributed by atoms with Gasteiger partial charge in [-0.05, 0) is 25.5 Å². The summed E-state index contributed by atoms with van der Waals surface area (Å²) in [5.41, 5.74) is 1.04. The minimum Gasteiger partial charge on any atom is -0.465 e. The molecule has 0 fully saturated rings. The van der Waals surface area contributed by atoms with Crippen LogP contribution in [0.25, 0.3) is 0 Å². The van der Waals surface area contributed by atoms with Crippen molar-refractivity contribution in [1.29, 1.82) is 0 Å². The molecule has 0 aromatic carbocycles. The number of nitrogens with zero attached hydrogens (tertiary/aromatic N) is 1. The minimum atomic E-state index is -0.402. The van der Waals surface area contributed by atoms with Crippen LogP contribution in [0.5, 0.6) is 0 Å². The van der Waals surface area contributed by atoms with Crippen LogP contribution in [0.3, 0.4) is 0 Å². The van der Waals surface area contributed by atoms with Gasteiger partial charge in [0.1, 0.15) is 5.82 Å². The van der Waals surface area contributed by atoms with Crippen molar-refractivity contribution in [3.63, 3.8) is 0 Å². The standard InChI is InChI=1S/C13H20N2O4/c1-9-11(13(17)19-3)4-5-12(14-9)15-10(6-7-16)8-18-2/h4-5,10,16H,6-8H2,1-3H3,(H,14,15). The van der Waals surface area contributed by atoms with Gasteiger partial charge in [0.15, 0.2) is 0 Å². The fourth-order valence-electron chi connectivity index (χ4n) is 1.73. The molecule has 1 atom stereocenters. The van der Waals surface area contributed by atoms with Crippen LogP contribution in [0, 0.1) is 6.92 Å². The molecule has 0 amide bonds. The SMILES string of the molecule is COCC(CCO)Nc1ccc(C(=O)OC)c(C)n1. The second kappa shape index (κ2) is 7.70. The van der Waals surface area contributed by atoms with Crippen LogP contribution in [0.2, 0.25) is 0 Å². The van der Waals surface area contributed by atoms with Gasteiger partial charge in [-0.3, -0.25) is 0 Å². The van der Waals surface area contributed by atoms with Gasteiger partial charge in [0.05, 0.1) is 31.0 Å². The third-order valence-electron chi connectivity index (χ3n) is 2.69. The van der Waals surface area contributed by atoms with E-state index in [-0.39, 0.29) is 12.6 Å². The first-order valence-electron chi connectivity index (χ1n) is 6.04. The molecule has 0 aliphatic rings. The van der Waals surface area contributed by atoms with Gasteiger partial charge in [0, 0.05) is 13.7 Å². The highest BCUT2D eigenvalue weighted by Gasteiger charge is 2.13. The Balaban J connectivity index is 2.79. The molecule has 0 saturated carbocycles. The van der Waals surface area contributed by atoms with Crippen molar-refractivity contribution in [2.24, 2.45) is 0 Å². The lowest BCUT2D eigenvalue weighted by atomic mass is 10.2. The van der Waals surface area contributed by atoms with Gasteiger partial charge in [-0.15, -0.1) is 0 Å². The Labute approximate surface area is 112 Å². The van der Waals surface area contributed by atoms with E-state index in [2.05, 4.69) is 15.0 Å². The summed E-state index contributed by atoms with van der Waals surface area (Å²) >= 11 is 0. The Kier molecular flexibility index (Phi) is 6.24. The summed E-state index contributed by atoms with van der Waals surface area (Å²) < 4.78 is 9.73. The van der Waals surface area contributed by atoms with E-state index in [0.717, 1.165) is 0 Å². The van der Waals surface area contributed by atoms with Crippen LogP contribution in [-0.4, -0.2) is 49.5 Å². The van der Waals surface area contributed by atoms with E-state index >= 15 is 0 Å². The Morgan fingerprint density at radius 3 is 2.74 bits per heavy atom. The highest BCUT2D eigenvalue weighted by atomic mass is 16.5. The average Bonchev–Trinajstić information content (AvgIpc) is 2.38. The summed E-state index contributed by atoms with van der Waals surface area (Å²) in [4.78, 5) is 15.7. The third-order valence-corrected chi connectivity index (χ3v) is 2.69. The molecule has 0 bridgehead atoms. The molecule has 6 heteroatoms. The van der Waals surface area contributed by atoms with Crippen molar-refractivity contribution in [3.8, 4) is 0 Å². The van der Waals surface area contributed by atoms with Crippen molar-refractivity contribution in [2.75, 3.05) is 32.8 Å². The fraction of sp³-hybridized carbons (Fsp3) is 0.538. The molecule has 0 aliphatic heterocycles. The van der Waals surface area contributed by atoms with E-state index < -0.39 is 5.97 Å². The lowest BCUT2D eigenvalue weighted by molar-refractivity contribution is 0.0599. The maximum Gasteiger partial charge on any atom is 0.339 e. The van der Waals surface area contributed by atoms with Crippen LogP contribution in [0.4, 0.5) is 5.82 Å². The predicted octanol–water partition coefficient (Wildman–Crippen LogP) is 0.986. The highest BCUT2D eigenvalue weighted by Crippen LogP contribution is 2.13. The number of nitrogens with one attached hydrogen (secondary N) is 1. The number of anilines is 1. The molecule has 1 unspecified atom stereocenters. The molecule has 0 spiro atoms. The summed E-state index contributed by atoms with van der Waals surface area (Å²) in [5.74, 6) is 0.237. The molecule has 1 aromatic heterocycles. The molecule has 2 N–H and O–H groups in total. The van der Waals surface area contributed by atoms with E-state index in [1.54, 1.807) is 26.2 Å². The van der Waals surface area contributed by atoms with E-state index in [9.17, 15) is 4.79 Å². The second-order valence-electron chi connectivity index (χ2n) is 4.13. The number of hydrogen-bond donors (Lipinski definition) is 2. The van der Waals surface area contributed by atoms with Gasteiger partial charge in [-0.2, -0.15) is 0 Å². The van der Waals surface area contributed by atoms with E-state index in [4.69, 9.17) is 9.84 Å². The molecule has 0 saturated heterocycles. The monoisotopic (exact) mass is 268 g/mol. The number of aryl methyl sites for hydroxylation is 1. The van der Waals surface area contributed by atoms with Crippen molar-refractivity contribution in [1.82, 2.24) is 4.98 Å². The fourth-order valence-corrected chi connectivity index (χ4v) is 1.73. The average molecular weight is 268 g/mol. The number of esters is 1.